The monoisotopic (exact) mass is 734 g/mol. The quantitative estimate of drug-likeness (QED) is 0.223. The molecule has 12 nitrogen and oxygen atoms in total. The molecule has 3 N–H and O–H groups in total. The van der Waals surface area contributed by atoms with Gasteiger partial charge in [0.05, 0.1) is 33.9 Å². The van der Waals surface area contributed by atoms with Gasteiger partial charge in [-0.3, -0.25) is 9.59 Å². The third-order valence-corrected chi connectivity index (χ3v) is 10.0. The second kappa shape index (κ2) is 12.5. The van der Waals surface area contributed by atoms with Crippen LogP contribution in [0.3, 0.4) is 0 Å². The van der Waals surface area contributed by atoms with Crippen LogP contribution in [0.15, 0.2) is 34.1 Å². The molecule has 2 aromatic carbocycles. The van der Waals surface area contributed by atoms with Gasteiger partial charge in [-0.1, -0.05) is 0 Å². The average molecular weight is 734 g/mol. The molecular weight excluding hydrogens is 705 g/mol. The van der Waals surface area contributed by atoms with Crippen molar-refractivity contribution in [3.63, 3.8) is 0 Å². The molecule has 52 heavy (non-hydrogen) atoms. The summed E-state index contributed by atoms with van der Waals surface area (Å²) >= 11 is 0. The van der Waals surface area contributed by atoms with Crippen molar-refractivity contribution in [2.24, 2.45) is 11.7 Å². The number of carbonyl (C=O) groups is 2. The lowest BCUT2D eigenvalue weighted by Crippen LogP contribution is -2.38. The molecule has 4 atom stereocenters. The van der Waals surface area contributed by atoms with E-state index in [4.69, 9.17) is 15.2 Å². The molecule has 0 unspecified atom stereocenters. The van der Waals surface area contributed by atoms with Crippen molar-refractivity contribution in [1.82, 2.24) is 9.13 Å². The van der Waals surface area contributed by atoms with E-state index in [0.29, 0.717) is 11.6 Å². The number of anilines is 1. The predicted molar refractivity (Wildman–Crippen MR) is 174 cm³/mol. The molecule has 2 aromatic heterocycles. The smallest absolute Gasteiger partial charge is 0.487 e. The number of ether oxygens (including phenoxy) is 2. The Morgan fingerprint density at radius 1 is 0.904 bits per heavy atom. The van der Waals surface area contributed by atoms with Gasteiger partial charge in [0.15, 0.2) is 23.1 Å². The minimum absolute atomic E-state index is 0.00456. The first-order valence-electron chi connectivity index (χ1n) is 16.2. The first-order valence-corrected chi connectivity index (χ1v) is 16.2. The Hall–Kier alpha value is -5.20. The molecule has 3 aliphatic heterocycles. The van der Waals surface area contributed by atoms with Crippen molar-refractivity contribution in [3.05, 3.63) is 73.6 Å². The lowest BCUT2D eigenvalue weighted by molar-refractivity contribution is 0.0682. The molecule has 1 saturated carbocycles. The summed E-state index contributed by atoms with van der Waals surface area (Å²) in [5.74, 6) is -6.94. The van der Waals surface area contributed by atoms with E-state index in [1.807, 2.05) is 6.92 Å². The van der Waals surface area contributed by atoms with Crippen LogP contribution in [0.4, 0.5) is 31.9 Å². The largest absolute Gasteiger partial charge is 0.798 e. The van der Waals surface area contributed by atoms with Crippen LogP contribution < -0.4 is 31.0 Å². The topological polar surface area (TPSA) is 155 Å². The van der Waals surface area contributed by atoms with Gasteiger partial charge in [0.25, 0.3) is 0 Å². The summed E-state index contributed by atoms with van der Waals surface area (Å²) in [6, 6.07) is 0.958. The van der Waals surface area contributed by atoms with Crippen molar-refractivity contribution in [1.29, 1.82) is 0 Å². The van der Waals surface area contributed by atoms with Crippen LogP contribution in [0, 0.1) is 23.4 Å². The molecule has 5 heterocycles. The second-order valence-electron chi connectivity index (χ2n) is 13.4. The van der Waals surface area contributed by atoms with Gasteiger partial charge in [-0.2, -0.15) is 4.39 Å². The van der Waals surface area contributed by atoms with E-state index in [1.54, 1.807) is 16.4 Å². The number of halogens is 6. The number of aromatic nitrogens is 2. The number of pyridine rings is 2. The molecular formula is C33H29BF6N4O8. The highest BCUT2D eigenvalue weighted by Gasteiger charge is 2.53. The average Bonchev–Trinajstić information content (AvgIpc) is 3.71. The molecule has 1 saturated heterocycles. The Labute approximate surface area is 289 Å². The van der Waals surface area contributed by atoms with Crippen LogP contribution in [-0.4, -0.2) is 71.7 Å². The number of benzene rings is 2. The molecule has 0 spiro atoms. The fraction of sp³-hybridized carbons (Fsp3) is 0.394. The predicted octanol–water partition coefficient (Wildman–Crippen LogP) is 4.37. The van der Waals surface area contributed by atoms with Gasteiger partial charge in [-0.05, 0) is 38.8 Å². The first kappa shape index (κ1) is 35.2. The van der Waals surface area contributed by atoms with Crippen LogP contribution in [0.1, 0.15) is 59.5 Å². The molecule has 2 fully saturated rings. The van der Waals surface area contributed by atoms with Gasteiger partial charge in [0.1, 0.15) is 36.2 Å². The van der Waals surface area contributed by atoms with Gasteiger partial charge in [-0.15, -0.1) is 0 Å². The fourth-order valence-corrected chi connectivity index (χ4v) is 7.15. The molecule has 4 aromatic rings. The highest BCUT2D eigenvalue weighted by Crippen LogP contribution is 2.49. The summed E-state index contributed by atoms with van der Waals surface area (Å²) in [5, 5.41) is 8.95. The molecule has 1 aliphatic carbocycles. The molecule has 0 bridgehead atoms. The second-order valence-corrected chi connectivity index (χ2v) is 13.4. The molecule has 0 radical (unpaired) electrons. The summed E-state index contributed by atoms with van der Waals surface area (Å²) in [7, 11) is -3.40. The minimum atomic E-state index is -3.40. The Morgan fingerprint density at radius 2 is 1.44 bits per heavy atom. The highest BCUT2D eigenvalue weighted by atomic mass is 19.2. The van der Waals surface area contributed by atoms with Crippen molar-refractivity contribution in [2.75, 3.05) is 31.2 Å². The van der Waals surface area contributed by atoms with E-state index in [-0.39, 0.29) is 66.0 Å². The molecule has 4 aliphatic rings. The zero-order chi connectivity index (χ0) is 37.5. The SMILES string of the molecule is C[C@H]1COc2c(F)c(F)cc3c(=O)c(C(=O)OB(F)F)cn1c23.C[C@H]1COc2c(N3C[C@@H](F)[C@@H](C4(N)CC4)C3)c(F)cc3c(=O)c(C(=O)O)cn1c23. The maximum atomic E-state index is 15.2. The lowest BCUT2D eigenvalue weighted by Gasteiger charge is -2.31. The van der Waals surface area contributed by atoms with E-state index in [0.717, 1.165) is 25.1 Å². The van der Waals surface area contributed by atoms with E-state index < -0.39 is 82.3 Å². The van der Waals surface area contributed by atoms with Crippen molar-refractivity contribution < 1.29 is 55.0 Å². The fourth-order valence-electron chi connectivity index (χ4n) is 7.15. The lowest BCUT2D eigenvalue weighted by atomic mass is 9.96. The number of aromatic carboxylic acids is 1. The highest BCUT2D eigenvalue weighted by molar-refractivity contribution is 6.38. The standard InChI is InChI=1S/C20H21F2N3O4.C13H8BF4NO4/c1-9-8-29-18-15-10(17(26)11(19(27)28)5-25(9)15)4-13(21)16(18)24-6-12(14(22)7-24)20(23)2-3-20;1-5-4-22-12-9(16)8(15)2-6-10(12)19(5)3-7(11(6)20)13(21)23-14(17)18/h4-5,9,12,14H,2-3,6-8,23H2,1H3,(H,27,28);2-3,5H,4H2,1H3/t9-,12-,14+;5-/m00/s1. The van der Waals surface area contributed by atoms with Crippen LogP contribution in [-0.2, 0) is 4.65 Å². The normalized spacial score (nSPS) is 22.3. The molecule has 0 amide bonds. The Balaban J connectivity index is 0.000000167. The molecule has 19 heteroatoms. The minimum Gasteiger partial charge on any atom is -0.487 e. The third kappa shape index (κ3) is 5.61. The van der Waals surface area contributed by atoms with Crippen LogP contribution >= 0.6 is 0 Å². The number of alkyl halides is 1. The van der Waals surface area contributed by atoms with Crippen molar-refractivity contribution in [3.8, 4) is 11.5 Å². The van der Waals surface area contributed by atoms with Crippen LogP contribution in [0.25, 0.3) is 21.8 Å². The maximum Gasteiger partial charge on any atom is 0.798 e. The summed E-state index contributed by atoms with van der Waals surface area (Å²) in [5.41, 5.74) is 3.15. The number of rotatable bonds is 5. The zero-order valence-electron chi connectivity index (χ0n) is 27.4. The molecule has 274 valence electrons. The molecule has 8 rings (SSSR count). The third-order valence-electron chi connectivity index (χ3n) is 10.0. The van der Waals surface area contributed by atoms with Crippen LogP contribution in [0.2, 0.25) is 0 Å². The number of carboxylic acids is 1. The maximum absolute atomic E-state index is 15.2. The summed E-state index contributed by atoms with van der Waals surface area (Å²) in [6.45, 7) is 3.85. The first-order chi connectivity index (χ1) is 24.5. The zero-order valence-corrected chi connectivity index (χ0v) is 27.4. The van der Waals surface area contributed by atoms with E-state index in [1.165, 1.54) is 10.8 Å². The Morgan fingerprint density at radius 3 is 2.02 bits per heavy atom. The van der Waals surface area contributed by atoms with E-state index >= 15 is 4.39 Å². The number of hydrogen-bond acceptors (Lipinski definition) is 9. The van der Waals surface area contributed by atoms with Gasteiger partial charge >= 0.3 is 19.4 Å². The number of carboxylic acid groups (broad SMARTS) is 1. The Kier molecular flexibility index (Phi) is 8.46. The van der Waals surface area contributed by atoms with Crippen molar-refractivity contribution in [2.45, 2.75) is 50.5 Å². The summed E-state index contributed by atoms with van der Waals surface area (Å²) in [4.78, 5) is 49.6. The Bertz CT molecular complexity index is 2320. The van der Waals surface area contributed by atoms with Gasteiger partial charge in [-0.25, -0.2) is 31.4 Å². The number of nitrogens with zero attached hydrogens (tertiary/aromatic N) is 3. The summed E-state index contributed by atoms with van der Waals surface area (Å²) < 4.78 is 99.3. The number of carbonyl (C=O) groups excluding carboxylic acids is 1. The van der Waals surface area contributed by atoms with Gasteiger partial charge in [0.2, 0.25) is 16.7 Å². The van der Waals surface area contributed by atoms with Crippen LogP contribution in [0.5, 0.6) is 11.5 Å². The summed E-state index contributed by atoms with van der Waals surface area (Å²) in [6.07, 6.45) is 2.59. The van der Waals surface area contributed by atoms with Gasteiger partial charge in [0, 0.05) is 36.9 Å². The van der Waals surface area contributed by atoms with Gasteiger partial charge < -0.3 is 39.0 Å². The van der Waals surface area contributed by atoms with E-state index in [9.17, 15) is 46.1 Å². The number of hydrogen-bond donors (Lipinski definition) is 2. The van der Waals surface area contributed by atoms with E-state index in [2.05, 4.69) is 4.65 Å². The number of nitrogens with two attached hydrogens (primary N) is 1. The van der Waals surface area contributed by atoms with Crippen molar-refractivity contribution >= 4 is 46.9 Å².